The lowest BCUT2D eigenvalue weighted by molar-refractivity contribution is 0.0598. The monoisotopic (exact) mass is 321 g/mol. The molecule has 0 atom stereocenters. The number of benzene rings is 1. The number of carbonyl (C=O) groups excluding carboxylic acids is 2. The summed E-state index contributed by atoms with van der Waals surface area (Å²) in [6.07, 6.45) is 2.41. The van der Waals surface area contributed by atoms with Crippen molar-refractivity contribution in [2.75, 3.05) is 26.8 Å². The normalized spacial score (nSPS) is 10.5. The van der Waals surface area contributed by atoms with Crippen LogP contribution in [0.1, 0.15) is 58.5 Å². The Morgan fingerprint density at radius 1 is 1.13 bits per heavy atom. The van der Waals surface area contributed by atoms with E-state index in [2.05, 4.69) is 0 Å². The van der Waals surface area contributed by atoms with Crippen LogP contribution in [-0.2, 0) is 11.2 Å². The molecule has 0 bridgehead atoms. The summed E-state index contributed by atoms with van der Waals surface area (Å²) in [5.41, 5.74) is 2.79. The molecule has 0 heterocycles. The lowest BCUT2D eigenvalue weighted by Gasteiger charge is -2.23. The molecule has 1 rings (SSSR count). The van der Waals surface area contributed by atoms with Crippen LogP contribution >= 0.6 is 0 Å². The number of aliphatic hydroxyl groups excluding tert-OH is 1. The van der Waals surface area contributed by atoms with E-state index in [1.165, 1.54) is 7.11 Å². The molecule has 0 fully saturated rings. The van der Waals surface area contributed by atoms with Crippen molar-refractivity contribution in [1.29, 1.82) is 0 Å². The molecule has 0 saturated carbocycles. The Morgan fingerprint density at radius 3 is 2.30 bits per heavy atom. The number of ether oxygens (including phenoxy) is 1. The van der Waals surface area contributed by atoms with Crippen LogP contribution in [0.15, 0.2) is 12.1 Å². The Morgan fingerprint density at radius 2 is 1.78 bits per heavy atom. The molecule has 1 N–H and O–H groups in total. The van der Waals surface area contributed by atoms with Crippen molar-refractivity contribution < 1.29 is 19.4 Å². The summed E-state index contributed by atoms with van der Waals surface area (Å²) in [5.74, 6) is -0.483. The fraction of sp³-hybridized carbons (Fsp3) is 0.556. The molecule has 5 heteroatoms. The zero-order valence-corrected chi connectivity index (χ0v) is 14.5. The number of rotatable bonds is 8. The molecule has 0 saturated heterocycles. The van der Waals surface area contributed by atoms with Crippen molar-refractivity contribution in [3.05, 3.63) is 34.4 Å². The van der Waals surface area contributed by atoms with Crippen LogP contribution in [0.5, 0.6) is 0 Å². The number of carbonyl (C=O) groups is 2. The zero-order valence-electron chi connectivity index (χ0n) is 14.5. The van der Waals surface area contributed by atoms with Gasteiger partial charge in [0.25, 0.3) is 5.91 Å². The van der Waals surface area contributed by atoms with Crippen LogP contribution in [0.4, 0.5) is 0 Å². The molecular weight excluding hydrogens is 294 g/mol. The minimum Gasteiger partial charge on any atom is -0.465 e. The van der Waals surface area contributed by atoms with E-state index >= 15 is 0 Å². The van der Waals surface area contributed by atoms with Gasteiger partial charge in [0.2, 0.25) is 0 Å². The summed E-state index contributed by atoms with van der Waals surface area (Å²) in [5, 5.41) is 9.16. The summed E-state index contributed by atoms with van der Waals surface area (Å²) < 4.78 is 4.84. The Kier molecular flexibility index (Phi) is 7.75. The highest BCUT2D eigenvalue weighted by Gasteiger charge is 2.21. The molecule has 1 aromatic carbocycles. The van der Waals surface area contributed by atoms with Crippen LogP contribution < -0.4 is 0 Å². The maximum Gasteiger partial charge on any atom is 0.338 e. The van der Waals surface area contributed by atoms with Crippen LogP contribution in [0.2, 0.25) is 0 Å². The van der Waals surface area contributed by atoms with E-state index in [0.29, 0.717) is 30.6 Å². The molecule has 5 nitrogen and oxygen atoms in total. The Balaban J connectivity index is 3.29. The molecule has 1 aromatic rings. The van der Waals surface area contributed by atoms with Gasteiger partial charge in [-0.2, -0.15) is 0 Å². The molecule has 0 unspecified atom stereocenters. The first-order chi connectivity index (χ1) is 11.0. The molecule has 128 valence electrons. The summed E-state index contributed by atoms with van der Waals surface area (Å²) in [6, 6.07) is 3.35. The average molecular weight is 321 g/mol. The zero-order chi connectivity index (χ0) is 17.4. The smallest absolute Gasteiger partial charge is 0.338 e. The standard InChI is InChI=1S/C18H27NO4/c1-5-7-14-13(3)15(8-9-16(14)18(22)23-4)17(21)19(10-6-2)11-12-20/h8-9,20H,5-7,10-12H2,1-4H3. The van der Waals surface area contributed by atoms with Crippen molar-refractivity contribution in [2.24, 2.45) is 0 Å². The summed E-state index contributed by atoms with van der Waals surface area (Å²) >= 11 is 0. The highest BCUT2D eigenvalue weighted by Crippen LogP contribution is 2.23. The third-order valence-electron chi connectivity index (χ3n) is 3.88. The predicted molar refractivity (Wildman–Crippen MR) is 89.8 cm³/mol. The quantitative estimate of drug-likeness (QED) is 0.747. The maximum atomic E-state index is 12.8. The Labute approximate surface area is 138 Å². The lowest BCUT2D eigenvalue weighted by Crippen LogP contribution is -2.35. The van der Waals surface area contributed by atoms with Crippen LogP contribution in [0.3, 0.4) is 0 Å². The van der Waals surface area contributed by atoms with E-state index in [-0.39, 0.29) is 18.5 Å². The largest absolute Gasteiger partial charge is 0.465 e. The Bertz CT molecular complexity index is 548. The molecule has 0 aliphatic heterocycles. The van der Waals surface area contributed by atoms with Gasteiger partial charge in [-0.3, -0.25) is 4.79 Å². The number of nitrogens with zero attached hydrogens (tertiary/aromatic N) is 1. The van der Waals surface area contributed by atoms with Crippen molar-refractivity contribution in [1.82, 2.24) is 4.90 Å². The van der Waals surface area contributed by atoms with Gasteiger partial charge in [0.15, 0.2) is 0 Å². The number of methoxy groups -OCH3 is 1. The van der Waals surface area contributed by atoms with Crippen LogP contribution in [0.25, 0.3) is 0 Å². The van der Waals surface area contributed by atoms with Crippen molar-refractivity contribution in [3.8, 4) is 0 Å². The van der Waals surface area contributed by atoms with E-state index in [4.69, 9.17) is 9.84 Å². The first-order valence-corrected chi connectivity index (χ1v) is 8.12. The minimum atomic E-state index is -0.378. The molecule has 1 amide bonds. The van der Waals surface area contributed by atoms with E-state index in [0.717, 1.165) is 24.0 Å². The maximum absolute atomic E-state index is 12.8. The summed E-state index contributed by atoms with van der Waals surface area (Å²) in [6.45, 7) is 6.74. The van der Waals surface area contributed by atoms with Gasteiger partial charge in [0.05, 0.1) is 19.3 Å². The van der Waals surface area contributed by atoms with Gasteiger partial charge in [-0.25, -0.2) is 4.79 Å². The number of esters is 1. The lowest BCUT2D eigenvalue weighted by atomic mass is 9.93. The third kappa shape index (κ3) is 4.55. The van der Waals surface area contributed by atoms with Gasteiger partial charge < -0.3 is 14.7 Å². The fourth-order valence-corrected chi connectivity index (χ4v) is 2.74. The topological polar surface area (TPSA) is 66.8 Å². The van der Waals surface area contributed by atoms with Gasteiger partial charge >= 0.3 is 5.97 Å². The van der Waals surface area contributed by atoms with Gasteiger partial charge in [0.1, 0.15) is 0 Å². The molecule has 0 spiro atoms. The second-order valence-corrected chi connectivity index (χ2v) is 5.52. The van der Waals surface area contributed by atoms with Crippen LogP contribution in [0, 0.1) is 6.92 Å². The van der Waals surface area contributed by atoms with E-state index < -0.39 is 0 Å². The third-order valence-corrected chi connectivity index (χ3v) is 3.88. The number of hydrogen-bond donors (Lipinski definition) is 1. The second-order valence-electron chi connectivity index (χ2n) is 5.52. The Hall–Kier alpha value is -1.88. The van der Waals surface area contributed by atoms with Gasteiger partial charge in [-0.05, 0) is 43.0 Å². The summed E-state index contributed by atoms with van der Waals surface area (Å²) in [7, 11) is 1.36. The molecule has 0 aromatic heterocycles. The van der Waals surface area contributed by atoms with Gasteiger partial charge in [-0.15, -0.1) is 0 Å². The molecule has 0 radical (unpaired) electrons. The molecule has 0 aliphatic carbocycles. The van der Waals surface area contributed by atoms with Crippen molar-refractivity contribution in [2.45, 2.75) is 40.0 Å². The first kappa shape index (κ1) is 19.2. The summed E-state index contributed by atoms with van der Waals surface area (Å²) in [4.78, 5) is 26.3. The van der Waals surface area contributed by atoms with Gasteiger partial charge in [0, 0.05) is 18.7 Å². The SMILES string of the molecule is CCCc1c(C(=O)OC)ccc(C(=O)N(CCC)CCO)c1C. The molecule has 23 heavy (non-hydrogen) atoms. The number of aliphatic hydroxyl groups is 1. The molecular formula is C18H27NO4. The number of amides is 1. The van der Waals surface area contributed by atoms with Crippen LogP contribution in [-0.4, -0.2) is 48.7 Å². The van der Waals surface area contributed by atoms with Crippen molar-refractivity contribution in [3.63, 3.8) is 0 Å². The number of hydrogen-bond acceptors (Lipinski definition) is 4. The highest BCUT2D eigenvalue weighted by molar-refractivity contribution is 5.99. The minimum absolute atomic E-state index is 0.0626. The first-order valence-electron chi connectivity index (χ1n) is 8.12. The highest BCUT2D eigenvalue weighted by atomic mass is 16.5. The molecule has 0 aliphatic rings. The predicted octanol–water partition coefficient (Wildman–Crippen LogP) is 2.58. The van der Waals surface area contributed by atoms with Gasteiger partial charge in [-0.1, -0.05) is 20.3 Å². The average Bonchev–Trinajstić information content (AvgIpc) is 2.55. The van der Waals surface area contributed by atoms with E-state index in [1.54, 1.807) is 17.0 Å². The van der Waals surface area contributed by atoms with E-state index in [1.807, 2.05) is 20.8 Å². The fourth-order valence-electron chi connectivity index (χ4n) is 2.74. The van der Waals surface area contributed by atoms with E-state index in [9.17, 15) is 9.59 Å². The second kappa shape index (κ2) is 9.30. The van der Waals surface area contributed by atoms with Crippen molar-refractivity contribution >= 4 is 11.9 Å².